The molecule has 0 radical (unpaired) electrons. The molecule has 3 aromatic heterocycles. The van der Waals surface area contributed by atoms with E-state index in [1.165, 1.54) is 27.2 Å². The van der Waals surface area contributed by atoms with Gasteiger partial charge in [-0.2, -0.15) is 9.97 Å². The highest BCUT2D eigenvalue weighted by molar-refractivity contribution is 6.28. The molecule has 0 amide bonds. The number of rotatable bonds is 4. The Bertz CT molecular complexity index is 2420. The lowest BCUT2D eigenvalue weighted by Gasteiger charge is -2.11. The lowest BCUT2D eigenvalue weighted by Crippen LogP contribution is -2.06. The third-order valence-corrected chi connectivity index (χ3v) is 8.37. The van der Waals surface area contributed by atoms with E-state index in [1.807, 2.05) is 60.7 Å². The molecule has 0 spiro atoms. The molecule has 0 saturated heterocycles. The fraction of sp³-hybridized carbons (Fsp3) is 0.0250. The van der Waals surface area contributed by atoms with Crippen LogP contribution in [-0.2, 0) is 0 Å². The molecule has 0 saturated carbocycles. The van der Waals surface area contributed by atoms with Crippen LogP contribution in [0.1, 0.15) is 7.43 Å². The Balaban J connectivity index is 0.00000300. The second-order valence-corrected chi connectivity index (χ2v) is 10.9. The summed E-state index contributed by atoms with van der Waals surface area (Å²) in [5, 5.41) is 4.78. The lowest BCUT2D eigenvalue weighted by atomic mass is 10.1. The van der Waals surface area contributed by atoms with Crippen molar-refractivity contribution in [3.63, 3.8) is 0 Å². The van der Waals surface area contributed by atoms with Crippen LogP contribution in [0.15, 0.2) is 152 Å². The van der Waals surface area contributed by atoms with Gasteiger partial charge in [0.15, 0.2) is 11.6 Å². The van der Waals surface area contributed by atoms with Gasteiger partial charge in [-0.25, -0.2) is 4.98 Å². The maximum atomic E-state index is 5.10. The number of hydrogen-bond acceptors (Lipinski definition) is 3. The fourth-order valence-electron chi connectivity index (χ4n) is 6.49. The number of hydrogen-bond donors (Lipinski definition) is 0. The van der Waals surface area contributed by atoms with Crippen LogP contribution in [0.4, 0.5) is 0 Å². The Kier molecular flexibility index (Phi) is 6.24. The quantitative estimate of drug-likeness (QED) is 0.208. The van der Waals surface area contributed by atoms with E-state index < -0.39 is 0 Å². The standard InChI is InChI=1S/C39H25N5.CH4/c1-4-14-26(15-5-1)37-40-38(27-16-6-2-7-17-27)42-39(41-37)44-32-23-13-11-21-30(32)36-34(44)25-24-33-35(36)29-20-10-12-22-31(29)43(33)28-18-8-3-9-19-28;/h1-25H;1H4. The summed E-state index contributed by atoms with van der Waals surface area (Å²) in [6.45, 7) is 0. The predicted molar refractivity (Wildman–Crippen MR) is 186 cm³/mol. The van der Waals surface area contributed by atoms with Crippen molar-refractivity contribution in [1.29, 1.82) is 0 Å². The zero-order valence-electron chi connectivity index (χ0n) is 23.7. The Labute approximate surface area is 260 Å². The second kappa shape index (κ2) is 10.6. The highest BCUT2D eigenvalue weighted by atomic mass is 15.2. The van der Waals surface area contributed by atoms with Crippen molar-refractivity contribution < 1.29 is 0 Å². The molecule has 0 aliphatic heterocycles. The molecule has 5 heteroatoms. The van der Waals surface area contributed by atoms with E-state index in [9.17, 15) is 0 Å². The van der Waals surface area contributed by atoms with Crippen LogP contribution < -0.4 is 0 Å². The Morgan fingerprint density at radius 1 is 0.356 bits per heavy atom. The van der Waals surface area contributed by atoms with E-state index in [2.05, 4.69) is 100 Å². The van der Waals surface area contributed by atoms with Crippen LogP contribution in [0.5, 0.6) is 0 Å². The fourth-order valence-corrected chi connectivity index (χ4v) is 6.49. The van der Waals surface area contributed by atoms with Crippen molar-refractivity contribution in [3.05, 3.63) is 152 Å². The van der Waals surface area contributed by atoms with Crippen LogP contribution in [-0.4, -0.2) is 24.1 Å². The minimum absolute atomic E-state index is 0. The van der Waals surface area contributed by atoms with E-state index in [4.69, 9.17) is 15.0 Å². The maximum absolute atomic E-state index is 5.10. The molecule has 0 unspecified atom stereocenters. The number of para-hydroxylation sites is 3. The molecule has 9 rings (SSSR count). The molecule has 9 aromatic rings. The van der Waals surface area contributed by atoms with Gasteiger partial charge in [-0.1, -0.05) is 123 Å². The van der Waals surface area contributed by atoms with Crippen LogP contribution in [0.3, 0.4) is 0 Å². The third-order valence-electron chi connectivity index (χ3n) is 8.37. The van der Waals surface area contributed by atoms with Crippen LogP contribution in [0, 0.1) is 0 Å². The Morgan fingerprint density at radius 2 is 0.778 bits per heavy atom. The van der Waals surface area contributed by atoms with Gasteiger partial charge in [0.1, 0.15) is 0 Å². The summed E-state index contributed by atoms with van der Waals surface area (Å²) in [6.07, 6.45) is 0. The van der Waals surface area contributed by atoms with E-state index in [-0.39, 0.29) is 7.43 Å². The van der Waals surface area contributed by atoms with Crippen LogP contribution in [0.25, 0.3) is 78.0 Å². The Hall–Kier alpha value is -6.07. The SMILES string of the molecule is C.c1ccc(-c2nc(-c3ccccc3)nc(-n3c4ccccc4c4c5c6ccccc6n(-c6ccccc6)c5ccc43)n2)cc1. The molecular formula is C40H29N5. The first-order valence-corrected chi connectivity index (χ1v) is 14.7. The van der Waals surface area contributed by atoms with Crippen molar-refractivity contribution in [2.75, 3.05) is 0 Å². The topological polar surface area (TPSA) is 48.5 Å². The number of aromatic nitrogens is 5. The van der Waals surface area contributed by atoms with Crippen LogP contribution >= 0.6 is 0 Å². The zero-order valence-corrected chi connectivity index (χ0v) is 23.7. The molecule has 214 valence electrons. The molecule has 0 bridgehead atoms. The molecule has 3 heterocycles. The number of nitrogens with zero attached hydrogens (tertiary/aromatic N) is 5. The average molecular weight is 580 g/mol. The normalized spacial score (nSPS) is 11.4. The minimum atomic E-state index is 0. The summed E-state index contributed by atoms with van der Waals surface area (Å²) < 4.78 is 4.56. The summed E-state index contributed by atoms with van der Waals surface area (Å²) in [5.41, 5.74) is 7.48. The van der Waals surface area contributed by atoms with Gasteiger partial charge in [0.2, 0.25) is 5.95 Å². The smallest absolute Gasteiger partial charge is 0.238 e. The lowest BCUT2D eigenvalue weighted by molar-refractivity contribution is 0.953. The van der Waals surface area contributed by atoms with Crippen molar-refractivity contribution >= 4 is 43.6 Å². The predicted octanol–water partition coefficient (Wildman–Crippen LogP) is 10.0. The Morgan fingerprint density at radius 3 is 1.31 bits per heavy atom. The molecule has 45 heavy (non-hydrogen) atoms. The minimum Gasteiger partial charge on any atom is -0.309 e. The van der Waals surface area contributed by atoms with Gasteiger partial charge in [-0.05, 0) is 36.4 Å². The summed E-state index contributed by atoms with van der Waals surface area (Å²) in [6, 6.07) is 52.5. The van der Waals surface area contributed by atoms with Crippen molar-refractivity contribution in [2.24, 2.45) is 0 Å². The van der Waals surface area contributed by atoms with Crippen LogP contribution in [0.2, 0.25) is 0 Å². The molecule has 0 fully saturated rings. The van der Waals surface area contributed by atoms with Gasteiger partial charge in [0.05, 0.1) is 22.1 Å². The summed E-state index contributed by atoms with van der Waals surface area (Å²) >= 11 is 0. The number of fused-ring (bicyclic) bond motifs is 7. The van der Waals surface area contributed by atoms with Gasteiger partial charge in [0, 0.05) is 38.4 Å². The first kappa shape index (κ1) is 26.5. The average Bonchev–Trinajstić information content (AvgIpc) is 3.62. The third kappa shape index (κ3) is 4.13. The van der Waals surface area contributed by atoms with Crippen molar-refractivity contribution in [2.45, 2.75) is 7.43 Å². The molecular weight excluding hydrogens is 550 g/mol. The second-order valence-electron chi connectivity index (χ2n) is 10.9. The van der Waals surface area contributed by atoms with E-state index in [0.717, 1.165) is 33.2 Å². The monoisotopic (exact) mass is 579 g/mol. The molecule has 0 aliphatic rings. The molecule has 5 nitrogen and oxygen atoms in total. The van der Waals surface area contributed by atoms with Gasteiger partial charge < -0.3 is 4.57 Å². The van der Waals surface area contributed by atoms with Gasteiger partial charge in [-0.15, -0.1) is 0 Å². The van der Waals surface area contributed by atoms with Gasteiger partial charge in [0.25, 0.3) is 0 Å². The molecule has 0 N–H and O–H groups in total. The van der Waals surface area contributed by atoms with E-state index >= 15 is 0 Å². The summed E-state index contributed by atoms with van der Waals surface area (Å²) in [7, 11) is 0. The largest absolute Gasteiger partial charge is 0.309 e. The van der Waals surface area contributed by atoms with Gasteiger partial charge in [-0.3, -0.25) is 4.57 Å². The first-order valence-electron chi connectivity index (χ1n) is 14.7. The van der Waals surface area contributed by atoms with Crippen molar-refractivity contribution in [3.8, 4) is 34.4 Å². The van der Waals surface area contributed by atoms with E-state index in [1.54, 1.807) is 0 Å². The summed E-state index contributed by atoms with van der Waals surface area (Å²) in [5.74, 6) is 1.87. The summed E-state index contributed by atoms with van der Waals surface area (Å²) in [4.78, 5) is 15.1. The van der Waals surface area contributed by atoms with Crippen molar-refractivity contribution in [1.82, 2.24) is 24.1 Å². The molecule has 6 aromatic carbocycles. The highest BCUT2D eigenvalue weighted by Crippen LogP contribution is 2.42. The highest BCUT2D eigenvalue weighted by Gasteiger charge is 2.22. The first-order chi connectivity index (χ1) is 21.8. The molecule has 0 aliphatic carbocycles. The maximum Gasteiger partial charge on any atom is 0.238 e. The molecule has 0 atom stereocenters. The zero-order chi connectivity index (χ0) is 29.0. The van der Waals surface area contributed by atoms with Gasteiger partial charge >= 0.3 is 0 Å². The number of benzene rings is 6. The van der Waals surface area contributed by atoms with E-state index in [0.29, 0.717) is 17.6 Å².